The van der Waals surface area contributed by atoms with E-state index in [4.69, 9.17) is 4.74 Å². The zero-order valence-corrected chi connectivity index (χ0v) is 14.8. The molecule has 1 saturated carbocycles. The highest BCUT2D eigenvalue weighted by Crippen LogP contribution is 2.29. The van der Waals surface area contributed by atoms with E-state index in [0.29, 0.717) is 17.4 Å². The Hall–Kier alpha value is -2.44. The van der Waals surface area contributed by atoms with Crippen molar-refractivity contribution in [1.82, 2.24) is 5.32 Å². The molecule has 0 spiro atoms. The fourth-order valence-corrected chi connectivity index (χ4v) is 3.31. The average molecular weight is 348 g/mol. The summed E-state index contributed by atoms with van der Waals surface area (Å²) in [5.74, 6) is -0.340. The molecule has 1 fully saturated rings. The number of carbonyl (C=O) groups excluding carboxylic acids is 2. The van der Waals surface area contributed by atoms with Crippen LogP contribution in [-0.4, -0.2) is 29.4 Å². The van der Waals surface area contributed by atoms with Crippen LogP contribution in [-0.2, 0) is 9.53 Å². The molecule has 1 aliphatic rings. The van der Waals surface area contributed by atoms with E-state index in [-0.39, 0.29) is 23.2 Å². The van der Waals surface area contributed by atoms with E-state index >= 15 is 0 Å². The van der Waals surface area contributed by atoms with Gasteiger partial charge in [-0.1, -0.05) is 38.8 Å². The predicted molar refractivity (Wildman–Crippen MR) is 92.2 cm³/mol. The largest absolute Gasteiger partial charge is 0.452 e. The number of hydrogen-bond acceptors (Lipinski definition) is 5. The number of nitrogens with one attached hydrogen (secondary N) is 1. The molecule has 0 heterocycles. The Bertz CT molecular complexity index is 673. The molecule has 1 aliphatic carbocycles. The normalized spacial score (nSPS) is 22.9. The number of carbonyl (C=O) groups is 2. The number of nitro benzene ring substituents is 1. The van der Waals surface area contributed by atoms with Crippen LogP contribution < -0.4 is 5.32 Å². The first kappa shape index (κ1) is 18.9. The molecule has 0 radical (unpaired) electrons. The summed E-state index contributed by atoms with van der Waals surface area (Å²) >= 11 is 0. The number of nitrogens with zero attached hydrogens (tertiary/aromatic N) is 1. The molecule has 1 amide bonds. The van der Waals surface area contributed by atoms with Crippen LogP contribution in [0.15, 0.2) is 18.2 Å². The molecule has 3 atom stereocenters. The first-order chi connectivity index (χ1) is 11.8. The van der Waals surface area contributed by atoms with Gasteiger partial charge in [0, 0.05) is 11.6 Å². The Morgan fingerprint density at radius 2 is 2.04 bits per heavy atom. The van der Waals surface area contributed by atoms with Crippen LogP contribution in [0, 0.1) is 28.9 Å². The van der Waals surface area contributed by atoms with Crippen LogP contribution in [0.1, 0.15) is 49.0 Å². The van der Waals surface area contributed by atoms with Crippen LogP contribution in [0.2, 0.25) is 0 Å². The zero-order valence-electron chi connectivity index (χ0n) is 14.8. The fourth-order valence-electron chi connectivity index (χ4n) is 3.31. The third-order valence-electron chi connectivity index (χ3n) is 5.03. The summed E-state index contributed by atoms with van der Waals surface area (Å²) in [5, 5.41) is 14.0. The Morgan fingerprint density at radius 1 is 1.32 bits per heavy atom. The van der Waals surface area contributed by atoms with Gasteiger partial charge >= 0.3 is 5.97 Å². The number of esters is 1. The van der Waals surface area contributed by atoms with Gasteiger partial charge in [-0.25, -0.2) is 4.79 Å². The monoisotopic (exact) mass is 348 g/mol. The third kappa shape index (κ3) is 4.55. The van der Waals surface area contributed by atoms with Crippen molar-refractivity contribution >= 4 is 17.6 Å². The summed E-state index contributed by atoms with van der Waals surface area (Å²) in [7, 11) is 0. The molecule has 0 saturated heterocycles. The SMILES string of the molecule is Cc1cccc(C(=O)OCC(=O)N[C@H]2CCC[C@@H](C)[C@@H]2C)c1[N+](=O)[O-]. The maximum atomic E-state index is 12.1. The van der Waals surface area contributed by atoms with Crippen molar-refractivity contribution in [3.8, 4) is 0 Å². The Kier molecular flexibility index (Phi) is 6.12. The van der Waals surface area contributed by atoms with Crippen molar-refractivity contribution < 1.29 is 19.2 Å². The molecule has 7 nitrogen and oxygen atoms in total. The Morgan fingerprint density at radius 3 is 2.72 bits per heavy atom. The highest BCUT2D eigenvalue weighted by Gasteiger charge is 2.29. The molecule has 1 aromatic rings. The lowest BCUT2D eigenvalue weighted by Gasteiger charge is -2.34. The minimum atomic E-state index is -0.865. The lowest BCUT2D eigenvalue weighted by molar-refractivity contribution is -0.385. The second kappa shape index (κ2) is 8.09. The summed E-state index contributed by atoms with van der Waals surface area (Å²) < 4.78 is 4.98. The smallest absolute Gasteiger partial charge is 0.345 e. The van der Waals surface area contributed by atoms with Gasteiger partial charge in [0.1, 0.15) is 5.56 Å². The van der Waals surface area contributed by atoms with Crippen molar-refractivity contribution in [3.05, 3.63) is 39.4 Å². The van der Waals surface area contributed by atoms with Crippen LogP contribution in [0.3, 0.4) is 0 Å². The molecule has 1 aromatic carbocycles. The number of hydrogen-bond donors (Lipinski definition) is 1. The van der Waals surface area contributed by atoms with Gasteiger partial charge in [-0.3, -0.25) is 14.9 Å². The summed E-state index contributed by atoms with van der Waals surface area (Å²) in [4.78, 5) is 34.7. The molecule has 0 aromatic heterocycles. The van der Waals surface area contributed by atoms with E-state index in [1.54, 1.807) is 19.1 Å². The second-order valence-electron chi connectivity index (χ2n) is 6.75. The molecular weight excluding hydrogens is 324 g/mol. The number of rotatable bonds is 5. The molecule has 7 heteroatoms. The van der Waals surface area contributed by atoms with E-state index < -0.39 is 17.5 Å². The molecule has 0 aliphatic heterocycles. The minimum Gasteiger partial charge on any atom is -0.452 e. The minimum absolute atomic E-state index is 0.0725. The number of nitro groups is 1. The quantitative estimate of drug-likeness (QED) is 0.501. The average Bonchev–Trinajstić information content (AvgIpc) is 2.56. The van der Waals surface area contributed by atoms with Crippen molar-refractivity contribution in [3.63, 3.8) is 0 Å². The number of aryl methyl sites for hydroxylation is 1. The van der Waals surface area contributed by atoms with E-state index in [1.807, 2.05) is 0 Å². The highest BCUT2D eigenvalue weighted by molar-refractivity contribution is 5.95. The van der Waals surface area contributed by atoms with E-state index in [2.05, 4.69) is 19.2 Å². The molecular formula is C18H24N2O5. The molecule has 1 N–H and O–H groups in total. The predicted octanol–water partition coefficient (Wildman–Crippen LogP) is 3.00. The highest BCUT2D eigenvalue weighted by atomic mass is 16.6. The summed E-state index contributed by atoms with van der Waals surface area (Å²) in [6, 6.07) is 4.50. The van der Waals surface area contributed by atoms with E-state index in [1.165, 1.54) is 6.07 Å². The van der Waals surface area contributed by atoms with E-state index in [0.717, 1.165) is 19.3 Å². The number of benzene rings is 1. The maximum absolute atomic E-state index is 12.1. The van der Waals surface area contributed by atoms with Crippen LogP contribution in [0.25, 0.3) is 0 Å². The molecule has 25 heavy (non-hydrogen) atoms. The number of amides is 1. The maximum Gasteiger partial charge on any atom is 0.345 e. The first-order valence-corrected chi connectivity index (χ1v) is 8.51. The molecule has 136 valence electrons. The van der Waals surface area contributed by atoms with Gasteiger partial charge in [0.15, 0.2) is 6.61 Å². The lowest BCUT2D eigenvalue weighted by atomic mass is 9.78. The van der Waals surface area contributed by atoms with Gasteiger partial charge in [-0.2, -0.15) is 0 Å². The van der Waals surface area contributed by atoms with Crippen LogP contribution in [0.4, 0.5) is 5.69 Å². The molecule has 0 unspecified atom stereocenters. The van der Waals surface area contributed by atoms with E-state index in [9.17, 15) is 19.7 Å². The van der Waals surface area contributed by atoms with Crippen LogP contribution in [0.5, 0.6) is 0 Å². The summed E-state index contributed by atoms with van der Waals surface area (Å²) in [6.07, 6.45) is 3.12. The number of ether oxygens (including phenoxy) is 1. The zero-order chi connectivity index (χ0) is 18.6. The van der Waals surface area contributed by atoms with Gasteiger partial charge in [0.05, 0.1) is 4.92 Å². The topological polar surface area (TPSA) is 98.5 Å². The number of para-hydroxylation sites is 1. The first-order valence-electron chi connectivity index (χ1n) is 8.51. The standard InChI is InChI=1S/C18H24N2O5/c1-11-6-5-9-15(13(11)3)19-16(21)10-25-18(22)14-8-4-7-12(2)17(14)20(23)24/h4,7-8,11,13,15H,5-6,9-10H2,1-3H3,(H,19,21)/t11-,13+,15+/m1/s1. The summed E-state index contributed by atoms with van der Waals surface area (Å²) in [6.45, 7) is 5.38. The lowest BCUT2D eigenvalue weighted by Crippen LogP contribution is -2.45. The Balaban J connectivity index is 1.95. The Labute approximate surface area is 146 Å². The van der Waals surface area contributed by atoms with Gasteiger partial charge in [0.2, 0.25) is 0 Å². The fraction of sp³-hybridized carbons (Fsp3) is 0.556. The second-order valence-corrected chi connectivity index (χ2v) is 6.75. The summed E-state index contributed by atoms with van der Waals surface area (Å²) in [5.41, 5.74) is -0.0611. The molecule has 2 rings (SSSR count). The van der Waals surface area contributed by atoms with Crippen LogP contribution >= 0.6 is 0 Å². The third-order valence-corrected chi connectivity index (χ3v) is 5.03. The van der Waals surface area contributed by atoms with Gasteiger partial charge < -0.3 is 10.1 Å². The van der Waals surface area contributed by atoms with Gasteiger partial charge in [0.25, 0.3) is 11.6 Å². The van der Waals surface area contributed by atoms with Gasteiger partial charge in [-0.05, 0) is 31.2 Å². The van der Waals surface area contributed by atoms with Crippen molar-refractivity contribution in [2.75, 3.05) is 6.61 Å². The van der Waals surface area contributed by atoms with Crippen molar-refractivity contribution in [2.24, 2.45) is 11.8 Å². The van der Waals surface area contributed by atoms with Gasteiger partial charge in [-0.15, -0.1) is 0 Å². The van der Waals surface area contributed by atoms with Crippen molar-refractivity contribution in [1.29, 1.82) is 0 Å². The van der Waals surface area contributed by atoms with Crippen molar-refractivity contribution in [2.45, 2.75) is 46.1 Å². The molecule has 0 bridgehead atoms.